The first-order chi connectivity index (χ1) is 11.0. The van der Waals surface area contributed by atoms with E-state index >= 15 is 0 Å². The quantitative estimate of drug-likeness (QED) is 0.739. The van der Waals surface area contributed by atoms with E-state index in [0.29, 0.717) is 18.0 Å². The van der Waals surface area contributed by atoms with Crippen LogP contribution in [0, 0.1) is 11.3 Å². The van der Waals surface area contributed by atoms with E-state index in [1.165, 1.54) is 5.56 Å². The molecule has 0 N–H and O–H groups in total. The highest BCUT2D eigenvalue weighted by molar-refractivity contribution is 5.59. The first-order valence-electron chi connectivity index (χ1n) is 7.46. The third-order valence-corrected chi connectivity index (χ3v) is 3.75. The largest absolute Gasteiger partial charge is 0.463 e. The summed E-state index contributed by atoms with van der Waals surface area (Å²) in [5.74, 6) is 0.595. The van der Waals surface area contributed by atoms with Crippen molar-refractivity contribution >= 4 is 0 Å². The van der Waals surface area contributed by atoms with Crippen molar-refractivity contribution in [1.29, 1.82) is 5.26 Å². The molecule has 3 rings (SSSR count). The summed E-state index contributed by atoms with van der Waals surface area (Å²) in [6, 6.07) is 14.1. The molecule has 0 bridgehead atoms. The normalized spacial score (nSPS) is 11.4. The molecule has 23 heavy (non-hydrogen) atoms. The fourth-order valence-corrected chi connectivity index (χ4v) is 2.44. The minimum Gasteiger partial charge on any atom is -0.463 e. The number of benzene rings is 1. The number of nitriles is 1. The van der Waals surface area contributed by atoms with Crippen molar-refractivity contribution in [1.82, 2.24) is 15.0 Å². The van der Waals surface area contributed by atoms with Gasteiger partial charge >= 0.3 is 0 Å². The second kappa shape index (κ2) is 5.73. The maximum Gasteiger partial charge on any atom is 0.193 e. The van der Waals surface area contributed by atoms with E-state index < -0.39 is 0 Å². The van der Waals surface area contributed by atoms with Crippen molar-refractivity contribution in [2.75, 3.05) is 0 Å². The molecule has 0 unspecified atom stereocenters. The number of rotatable bonds is 3. The van der Waals surface area contributed by atoms with Gasteiger partial charge in [0, 0.05) is 0 Å². The van der Waals surface area contributed by atoms with Crippen LogP contribution >= 0.6 is 0 Å². The van der Waals surface area contributed by atoms with Gasteiger partial charge in [0.15, 0.2) is 11.5 Å². The highest BCUT2D eigenvalue weighted by atomic mass is 16.3. The second-order valence-corrected chi connectivity index (χ2v) is 6.48. The fourth-order valence-electron chi connectivity index (χ4n) is 2.44. The topological polar surface area (TPSA) is 67.6 Å². The predicted molar refractivity (Wildman–Crippen MR) is 86.7 cm³/mol. The van der Waals surface area contributed by atoms with Crippen LogP contribution in [0.4, 0.5) is 0 Å². The smallest absolute Gasteiger partial charge is 0.193 e. The second-order valence-electron chi connectivity index (χ2n) is 6.48. The van der Waals surface area contributed by atoms with Gasteiger partial charge < -0.3 is 4.42 Å². The van der Waals surface area contributed by atoms with Gasteiger partial charge in [-0.05, 0) is 28.7 Å². The summed E-state index contributed by atoms with van der Waals surface area (Å²) < 4.78 is 7.11. The zero-order valence-corrected chi connectivity index (χ0v) is 13.4. The fraction of sp³-hybridized carbons (Fsp3) is 0.278. The summed E-state index contributed by atoms with van der Waals surface area (Å²) in [5, 5.41) is 17.2. The van der Waals surface area contributed by atoms with Gasteiger partial charge in [-0.2, -0.15) is 5.26 Å². The number of furan rings is 1. The van der Waals surface area contributed by atoms with Crippen LogP contribution < -0.4 is 0 Å². The van der Waals surface area contributed by atoms with Gasteiger partial charge in [0.05, 0.1) is 12.8 Å². The van der Waals surface area contributed by atoms with Gasteiger partial charge in [-0.1, -0.05) is 50.3 Å². The molecule has 0 aliphatic heterocycles. The molecule has 0 radical (unpaired) electrons. The molecule has 5 nitrogen and oxygen atoms in total. The average molecular weight is 306 g/mol. The lowest BCUT2D eigenvalue weighted by Gasteiger charge is -2.19. The lowest BCUT2D eigenvalue weighted by Crippen LogP contribution is -2.11. The third kappa shape index (κ3) is 3.02. The molecule has 0 aliphatic rings. The molecule has 2 aromatic heterocycles. The highest BCUT2D eigenvalue weighted by Crippen LogP contribution is 2.25. The molecule has 0 spiro atoms. The molecule has 116 valence electrons. The monoisotopic (exact) mass is 306 g/mol. The number of hydrogen-bond acceptors (Lipinski definition) is 4. The summed E-state index contributed by atoms with van der Waals surface area (Å²) >= 11 is 0. The zero-order chi connectivity index (χ0) is 16.4. The summed E-state index contributed by atoms with van der Waals surface area (Å²) in [4.78, 5) is 0. The van der Waals surface area contributed by atoms with Crippen molar-refractivity contribution in [2.45, 2.75) is 32.7 Å². The molecule has 0 atom stereocenters. The van der Waals surface area contributed by atoms with E-state index in [-0.39, 0.29) is 11.1 Å². The molecule has 5 heteroatoms. The van der Waals surface area contributed by atoms with E-state index in [1.54, 1.807) is 23.1 Å². The van der Waals surface area contributed by atoms with Gasteiger partial charge in [0.1, 0.15) is 11.8 Å². The molecule has 0 saturated heterocycles. The molecule has 3 aromatic rings. The van der Waals surface area contributed by atoms with E-state index in [4.69, 9.17) is 4.42 Å². The van der Waals surface area contributed by atoms with Crippen LogP contribution in [0.3, 0.4) is 0 Å². The maximum atomic E-state index is 9.22. The Kier molecular flexibility index (Phi) is 3.75. The molecule has 1 aromatic carbocycles. The Morgan fingerprint density at radius 1 is 1.17 bits per heavy atom. The van der Waals surface area contributed by atoms with Crippen LogP contribution in [-0.4, -0.2) is 15.0 Å². The van der Waals surface area contributed by atoms with E-state index in [9.17, 15) is 5.26 Å². The average Bonchev–Trinajstić information content (AvgIpc) is 3.15. The third-order valence-electron chi connectivity index (χ3n) is 3.75. The van der Waals surface area contributed by atoms with E-state index in [2.05, 4.69) is 61.4 Å². The van der Waals surface area contributed by atoms with Crippen LogP contribution in [0.15, 0.2) is 47.1 Å². The standard InChI is InChI=1S/C18H18N4O/c1-18(2,3)14-8-6-13(7-9-14)12-22-17(15(11-19)20-21-22)16-5-4-10-23-16/h4-10H,12H2,1-3H3. The van der Waals surface area contributed by atoms with Crippen LogP contribution in [-0.2, 0) is 12.0 Å². The molecular weight excluding hydrogens is 288 g/mol. The lowest BCUT2D eigenvalue weighted by atomic mass is 9.87. The SMILES string of the molecule is CC(C)(C)c1ccc(Cn2nnc(C#N)c2-c2ccco2)cc1. The first kappa shape index (κ1) is 15.0. The van der Waals surface area contributed by atoms with Crippen molar-refractivity contribution in [3.63, 3.8) is 0 Å². The summed E-state index contributed by atoms with van der Waals surface area (Å²) in [6.07, 6.45) is 1.58. The molecule has 2 heterocycles. The van der Waals surface area contributed by atoms with Crippen LogP contribution in [0.5, 0.6) is 0 Å². The van der Waals surface area contributed by atoms with E-state index in [1.807, 2.05) is 0 Å². The Morgan fingerprint density at radius 2 is 1.91 bits per heavy atom. The molecule has 0 saturated carbocycles. The first-order valence-corrected chi connectivity index (χ1v) is 7.46. The molecule has 0 fully saturated rings. The van der Waals surface area contributed by atoms with Crippen molar-refractivity contribution in [2.24, 2.45) is 0 Å². The van der Waals surface area contributed by atoms with Gasteiger partial charge in [-0.3, -0.25) is 0 Å². The van der Waals surface area contributed by atoms with Gasteiger partial charge in [-0.15, -0.1) is 5.10 Å². The Bertz CT molecular complexity index is 831. The van der Waals surface area contributed by atoms with Crippen LogP contribution in [0.25, 0.3) is 11.5 Å². The van der Waals surface area contributed by atoms with Crippen molar-refractivity contribution in [3.8, 4) is 17.5 Å². The number of nitrogens with zero attached hydrogens (tertiary/aromatic N) is 4. The Balaban J connectivity index is 1.92. The molecular formula is C18H18N4O. The van der Waals surface area contributed by atoms with Gasteiger partial charge in [0.25, 0.3) is 0 Å². The van der Waals surface area contributed by atoms with E-state index in [0.717, 1.165) is 5.56 Å². The predicted octanol–water partition coefficient (Wildman–Crippen LogP) is 3.76. The lowest BCUT2D eigenvalue weighted by molar-refractivity contribution is 0.565. The minimum atomic E-state index is 0.124. The van der Waals surface area contributed by atoms with Gasteiger partial charge in [0.2, 0.25) is 0 Å². The van der Waals surface area contributed by atoms with Crippen LogP contribution in [0.2, 0.25) is 0 Å². The minimum absolute atomic E-state index is 0.124. The Morgan fingerprint density at radius 3 is 2.48 bits per heavy atom. The maximum absolute atomic E-state index is 9.22. The number of aromatic nitrogens is 3. The Labute approximate surface area is 135 Å². The summed E-state index contributed by atoms with van der Waals surface area (Å²) in [6.45, 7) is 7.10. The van der Waals surface area contributed by atoms with Gasteiger partial charge in [-0.25, -0.2) is 4.68 Å². The Hall–Kier alpha value is -2.87. The molecule has 0 amide bonds. The highest BCUT2D eigenvalue weighted by Gasteiger charge is 2.18. The van der Waals surface area contributed by atoms with Crippen LogP contribution in [0.1, 0.15) is 37.6 Å². The van der Waals surface area contributed by atoms with Crippen molar-refractivity contribution in [3.05, 3.63) is 59.5 Å². The summed E-state index contributed by atoms with van der Waals surface area (Å²) in [7, 11) is 0. The number of hydrogen-bond donors (Lipinski definition) is 0. The van der Waals surface area contributed by atoms with Crippen molar-refractivity contribution < 1.29 is 4.42 Å². The molecule has 0 aliphatic carbocycles. The summed E-state index contributed by atoms with van der Waals surface area (Å²) in [5.41, 5.74) is 3.38. The zero-order valence-electron chi connectivity index (χ0n) is 13.4.